The number of rotatable bonds is 48. The first-order chi connectivity index (χ1) is 31.6. The van der Waals surface area contributed by atoms with Crippen molar-refractivity contribution in [3.8, 4) is 0 Å². The molecule has 0 aromatic rings. The molecule has 0 radical (unpaired) electrons. The van der Waals surface area contributed by atoms with Crippen LogP contribution in [0.25, 0.3) is 0 Å². The van der Waals surface area contributed by atoms with E-state index in [4.69, 9.17) is 14.2 Å². The predicted molar refractivity (Wildman–Crippen MR) is 279 cm³/mol. The van der Waals surface area contributed by atoms with Gasteiger partial charge < -0.3 is 14.2 Å². The molecule has 5 heteroatoms. The molecule has 5 nitrogen and oxygen atoms in total. The van der Waals surface area contributed by atoms with Crippen LogP contribution in [-0.2, 0) is 23.8 Å². The number of ether oxygens (including phenoxy) is 3. The fourth-order valence-electron chi connectivity index (χ4n) is 7.10. The number of carbonyl (C=O) groups excluding carboxylic acids is 2. The monoisotopic (exact) mass is 889 g/mol. The van der Waals surface area contributed by atoms with Gasteiger partial charge in [-0.15, -0.1) is 0 Å². The van der Waals surface area contributed by atoms with Crippen molar-refractivity contribution in [1.82, 2.24) is 0 Å². The van der Waals surface area contributed by atoms with E-state index in [0.717, 1.165) is 70.6 Å². The summed E-state index contributed by atoms with van der Waals surface area (Å²) in [5, 5.41) is 0. The van der Waals surface area contributed by atoms with Crippen molar-refractivity contribution in [2.75, 3.05) is 19.8 Å². The van der Waals surface area contributed by atoms with Gasteiger partial charge in [-0.3, -0.25) is 9.59 Å². The van der Waals surface area contributed by atoms with Crippen molar-refractivity contribution >= 4 is 11.9 Å². The lowest BCUT2D eigenvalue weighted by Gasteiger charge is -2.18. The second-order valence-corrected chi connectivity index (χ2v) is 17.4. The normalized spacial score (nSPS) is 13.0. The van der Waals surface area contributed by atoms with Crippen LogP contribution in [0.3, 0.4) is 0 Å². The van der Waals surface area contributed by atoms with Crippen LogP contribution in [-0.4, -0.2) is 37.9 Å². The van der Waals surface area contributed by atoms with Crippen molar-refractivity contribution in [2.24, 2.45) is 0 Å². The molecular formula is C59H100O5. The molecule has 0 saturated carbocycles. The van der Waals surface area contributed by atoms with Crippen molar-refractivity contribution in [3.63, 3.8) is 0 Å². The summed E-state index contributed by atoms with van der Waals surface area (Å²) in [6.45, 7) is 7.58. The maximum atomic E-state index is 12.8. The third-order valence-electron chi connectivity index (χ3n) is 11.1. The van der Waals surface area contributed by atoms with E-state index in [2.05, 4.69) is 112 Å². The van der Waals surface area contributed by atoms with E-state index in [1.165, 1.54) is 128 Å². The van der Waals surface area contributed by atoms with Gasteiger partial charge in [-0.25, -0.2) is 0 Å². The molecule has 0 fully saturated rings. The number of hydrogen-bond acceptors (Lipinski definition) is 5. The van der Waals surface area contributed by atoms with Crippen LogP contribution in [0.5, 0.6) is 0 Å². The van der Waals surface area contributed by atoms with Gasteiger partial charge in [0.2, 0.25) is 0 Å². The maximum Gasteiger partial charge on any atom is 0.306 e. The molecule has 0 N–H and O–H groups in total. The molecule has 0 aromatic carbocycles. The molecule has 0 aromatic heterocycles. The number of allylic oxidation sites excluding steroid dienone is 16. The molecular weight excluding hydrogens is 789 g/mol. The molecule has 0 spiro atoms. The van der Waals surface area contributed by atoms with Crippen LogP contribution in [0.15, 0.2) is 97.2 Å². The summed E-state index contributed by atoms with van der Waals surface area (Å²) in [7, 11) is 0. The first kappa shape index (κ1) is 60.8. The highest BCUT2D eigenvalue weighted by molar-refractivity contribution is 5.70. The van der Waals surface area contributed by atoms with Gasteiger partial charge in [-0.05, 0) is 103 Å². The molecule has 0 bridgehead atoms. The van der Waals surface area contributed by atoms with Crippen LogP contribution < -0.4 is 0 Å². The Morgan fingerprint density at radius 3 is 1.23 bits per heavy atom. The van der Waals surface area contributed by atoms with E-state index in [-0.39, 0.29) is 25.2 Å². The first-order valence-electron chi connectivity index (χ1n) is 26.8. The highest BCUT2D eigenvalue weighted by atomic mass is 16.6. The molecule has 0 heterocycles. The van der Waals surface area contributed by atoms with Gasteiger partial charge in [0.25, 0.3) is 0 Å². The van der Waals surface area contributed by atoms with Crippen LogP contribution >= 0.6 is 0 Å². The highest BCUT2D eigenvalue weighted by Crippen LogP contribution is 2.13. The van der Waals surface area contributed by atoms with Crippen LogP contribution in [0, 0.1) is 0 Å². The lowest BCUT2D eigenvalue weighted by atomic mass is 10.1. The molecule has 1 unspecified atom stereocenters. The minimum atomic E-state index is -0.576. The summed E-state index contributed by atoms with van der Waals surface area (Å²) >= 11 is 0. The summed E-state index contributed by atoms with van der Waals surface area (Å²) in [5.41, 5.74) is 0. The van der Waals surface area contributed by atoms with Crippen molar-refractivity contribution < 1.29 is 23.8 Å². The third-order valence-corrected chi connectivity index (χ3v) is 11.1. The summed E-state index contributed by atoms with van der Waals surface area (Å²) in [5.74, 6) is -0.503. The zero-order chi connectivity index (χ0) is 46.3. The van der Waals surface area contributed by atoms with E-state index in [1.807, 2.05) is 6.08 Å². The number of unbranched alkanes of at least 4 members (excludes halogenated alkanes) is 21. The van der Waals surface area contributed by atoms with E-state index in [0.29, 0.717) is 25.9 Å². The number of carbonyl (C=O) groups is 2. The summed E-state index contributed by atoms with van der Waals surface area (Å²) in [6.07, 6.45) is 72.9. The Labute approximate surface area is 396 Å². The maximum absolute atomic E-state index is 12.8. The van der Waals surface area contributed by atoms with Gasteiger partial charge in [0.15, 0.2) is 6.10 Å². The largest absolute Gasteiger partial charge is 0.462 e. The topological polar surface area (TPSA) is 61.8 Å². The first-order valence-corrected chi connectivity index (χ1v) is 26.8. The lowest BCUT2D eigenvalue weighted by Crippen LogP contribution is -2.30. The van der Waals surface area contributed by atoms with E-state index in [9.17, 15) is 9.59 Å². The fraction of sp³-hybridized carbons (Fsp3) is 0.695. The zero-order valence-corrected chi connectivity index (χ0v) is 42.0. The van der Waals surface area contributed by atoms with Gasteiger partial charge in [0.05, 0.1) is 6.61 Å². The summed E-state index contributed by atoms with van der Waals surface area (Å²) in [6, 6.07) is 0. The Morgan fingerprint density at radius 1 is 0.359 bits per heavy atom. The second-order valence-electron chi connectivity index (χ2n) is 17.4. The SMILES string of the molecule is CC/C=C\C/C=C\C/C=C\C/C=C\C/C=C\C/C=C\CCC(=O)OCC(COCCCCCCCC/C=C\CCCC)OC(=O)CCCCCCCCC/C=C\CCCCCCCC. The van der Waals surface area contributed by atoms with Crippen LogP contribution in [0.4, 0.5) is 0 Å². The number of esters is 2. The lowest BCUT2D eigenvalue weighted by molar-refractivity contribution is -0.162. The van der Waals surface area contributed by atoms with E-state index in [1.54, 1.807) is 0 Å². The molecule has 64 heavy (non-hydrogen) atoms. The molecule has 0 aliphatic carbocycles. The van der Waals surface area contributed by atoms with Crippen molar-refractivity contribution in [1.29, 1.82) is 0 Å². The standard InChI is InChI=1S/C59H100O5/c1-4-7-10-13-16-19-22-25-27-29-30-32-33-35-37-40-43-46-49-52-58(60)63-56-57(55-62-54-51-48-45-42-39-24-21-18-15-12-9-6-3)64-59(61)53-50-47-44-41-38-36-34-31-28-26-23-20-17-14-11-8-5-2/h7,10,15-16,18-19,25-28,30,32,35,37,43,46,57H,4-6,8-9,11-14,17,20-24,29,31,33-34,36,38-42,44-45,47-56H2,1-3H3/b10-7-,18-15-,19-16-,27-25-,28-26-,32-30-,37-35-,46-43-. The Balaban J connectivity index is 4.38. The fourth-order valence-corrected chi connectivity index (χ4v) is 7.10. The van der Waals surface area contributed by atoms with Gasteiger partial charge in [-0.2, -0.15) is 0 Å². The summed E-state index contributed by atoms with van der Waals surface area (Å²) < 4.78 is 17.3. The Hall–Kier alpha value is -3.18. The van der Waals surface area contributed by atoms with Gasteiger partial charge in [-0.1, -0.05) is 221 Å². The smallest absolute Gasteiger partial charge is 0.306 e. The Morgan fingerprint density at radius 2 is 0.750 bits per heavy atom. The number of hydrogen-bond donors (Lipinski definition) is 0. The minimum absolute atomic E-state index is 0.0372. The van der Waals surface area contributed by atoms with Crippen LogP contribution in [0.2, 0.25) is 0 Å². The molecule has 0 aliphatic heterocycles. The Kier molecular flexibility index (Phi) is 51.5. The molecule has 366 valence electrons. The zero-order valence-electron chi connectivity index (χ0n) is 42.0. The second kappa shape index (κ2) is 54.2. The van der Waals surface area contributed by atoms with Gasteiger partial charge in [0.1, 0.15) is 6.61 Å². The molecule has 1 atom stereocenters. The minimum Gasteiger partial charge on any atom is -0.462 e. The van der Waals surface area contributed by atoms with Crippen LogP contribution in [0.1, 0.15) is 239 Å². The molecule has 0 rings (SSSR count). The molecule has 0 amide bonds. The average Bonchev–Trinajstić information content (AvgIpc) is 3.30. The average molecular weight is 889 g/mol. The predicted octanol–water partition coefficient (Wildman–Crippen LogP) is 18.2. The van der Waals surface area contributed by atoms with Crippen molar-refractivity contribution in [3.05, 3.63) is 97.2 Å². The highest BCUT2D eigenvalue weighted by Gasteiger charge is 2.17. The third kappa shape index (κ3) is 51.5. The summed E-state index contributed by atoms with van der Waals surface area (Å²) in [4.78, 5) is 25.4. The quantitative estimate of drug-likeness (QED) is 0.0346. The molecule has 0 saturated heterocycles. The van der Waals surface area contributed by atoms with Gasteiger partial charge >= 0.3 is 11.9 Å². The van der Waals surface area contributed by atoms with E-state index < -0.39 is 6.10 Å². The van der Waals surface area contributed by atoms with Crippen molar-refractivity contribution in [2.45, 2.75) is 245 Å². The molecule has 0 aliphatic rings. The Bertz CT molecular complexity index is 1230. The van der Waals surface area contributed by atoms with Gasteiger partial charge in [0, 0.05) is 19.4 Å². The van der Waals surface area contributed by atoms with E-state index >= 15 is 0 Å².